The van der Waals surface area contributed by atoms with E-state index in [0.717, 1.165) is 0 Å². The molecule has 148 valence electrons. The lowest BCUT2D eigenvalue weighted by molar-refractivity contribution is 0.255. The first-order chi connectivity index (χ1) is 11.3. The van der Waals surface area contributed by atoms with Crippen LogP contribution < -0.4 is 0 Å². The summed E-state index contributed by atoms with van der Waals surface area (Å²) in [6.45, 7) is 10.9. The van der Waals surface area contributed by atoms with Crippen LogP contribution in [0.5, 0.6) is 0 Å². The van der Waals surface area contributed by atoms with E-state index in [0.29, 0.717) is 0 Å². The van der Waals surface area contributed by atoms with E-state index in [-0.39, 0.29) is 0 Å². The molecule has 0 fully saturated rings. The van der Waals surface area contributed by atoms with Crippen molar-refractivity contribution in [3.8, 4) is 0 Å². The van der Waals surface area contributed by atoms with Crippen molar-refractivity contribution in [3.63, 3.8) is 0 Å². The molecule has 0 aromatic rings. The fraction of sp³-hybridized carbons (Fsp3) is 1.00. The van der Waals surface area contributed by atoms with Gasteiger partial charge in [-0.05, 0) is 38.9 Å². The monoisotopic (exact) mass is 367 g/mol. The Bertz CT molecular complexity index is 297. The van der Waals surface area contributed by atoms with E-state index in [9.17, 15) is 0 Å². The Hall–Kier alpha value is -0.170. The van der Waals surface area contributed by atoms with Gasteiger partial charge in [0, 0.05) is 0 Å². The second-order valence-electron chi connectivity index (χ2n) is 6.47. The molecule has 0 atom stereocenters. The van der Waals surface area contributed by atoms with Crippen LogP contribution in [0.25, 0.3) is 0 Å². The Labute approximate surface area is 150 Å². The minimum Gasteiger partial charge on any atom is -0.303 e. The highest BCUT2D eigenvalue weighted by molar-refractivity contribution is 7.79. The largest absolute Gasteiger partial charge is 0.394 e. The molecule has 0 rings (SSSR count). The van der Waals surface area contributed by atoms with Crippen LogP contribution in [-0.2, 0) is 10.4 Å². The van der Waals surface area contributed by atoms with Gasteiger partial charge in [0.15, 0.2) is 0 Å². The zero-order valence-corrected chi connectivity index (χ0v) is 17.0. The summed E-state index contributed by atoms with van der Waals surface area (Å²) in [6.07, 6.45) is 16.8. The SMILES string of the molecule is CCCCCCN(CCCCCC)CCCCCC.O=S(=O)(O)O. The van der Waals surface area contributed by atoms with Crippen molar-refractivity contribution in [2.45, 2.75) is 97.8 Å². The molecule has 0 spiro atoms. The fourth-order valence-corrected chi connectivity index (χ4v) is 2.62. The normalized spacial score (nSPS) is 11.4. The van der Waals surface area contributed by atoms with E-state index in [1.54, 1.807) is 0 Å². The molecular weight excluding hydrogens is 326 g/mol. The maximum atomic E-state index is 8.74. The molecule has 0 aliphatic heterocycles. The predicted molar refractivity (Wildman–Crippen MR) is 103 cm³/mol. The zero-order chi connectivity index (χ0) is 18.7. The Kier molecular flexibility index (Phi) is 20.8. The molecule has 0 aromatic heterocycles. The molecule has 5 nitrogen and oxygen atoms in total. The lowest BCUT2D eigenvalue weighted by atomic mass is 10.1. The van der Waals surface area contributed by atoms with Gasteiger partial charge in [-0.3, -0.25) is 9.11 Å². The van der Waals surface area contributed by atoms with Gasteiger partial charge in [0.25, 0.3) is 0 Å². The van der Waals surface area contributed by atoms with Gasteiger partial charge in [-0.2, -0.15) is 8.42 Å². The molecule has 6 heteroatoms. The standard InChI is InChI=1S/C18H39N.H2O4S/c1-4-7-10-13-16-19(17-14-11-8-5-2)18-15-12-9-6-3;1-5(2,3)4/h4-18H2,1-3H3;(H2,1,2,3,4). The summed E-state index contributed by atoms with van der Waals surface area (Å²) in [5.74, 6) is 0. The van der Waals surface area contributed by atoms with Crippen LogP contribution in [0.15, 0.2) is 0 Å². The lowest BCUT2D eigenvalue weighted by Gasteiger charge is -2.22. The van der Waals surface area contributed by atoms with Gasteiger partial charge in [-0.25, -0.2) is 0 Å². The van der Waals surface area contributed by atoms with Crippen LogP contribution in [-0.4, -0.2) is 42.1 Å². The average Bonchev–Trinajstić information content (AvgIpc) is 2.49. The van der Waals surface area contributed by atoms with Crippen molar-refractivity contribution >= 4 is 10.4 Å². The molecule has 0 aromatic carbocycles. The molecule has 0 amide bonds. The average molecular weight is 368 g/mol. The van der Waals surface area contributed by atoms with Gasteiger partial charge in [0.05, 0.1) is 0 Å². The molecule has 0 bridgehead atoms. The van der Waals surface area contributed by atoms with Crippen molar-refractivity contribution < 1.29 is 17.5 Å². The first kappa shape index (κ1) is 26.1. The van der Waals surface area contributed by atoms with Crippen molar-refractivity contribution in [2.24, 2.45) is 0 Å². The van der Waals surface area contributed by atoms with E-state index in [4.69, 9.17) is 17.5 Å². The first-order valence-corrected chi connectivity index (χ1v) is 11.2. The minimum atomic E-state index is -4.67. The van der Waals surface area contributed by atoms with E-state index in [1.807, 2.05) is 0 Å². The van der Waals surface area contributed by atoms with Gasteiger partial charge >= 0.3 is 10.4 Å². The van der Waals surface area contributed by atoms with Crippen LogP contribution >= 0.6 is 0 Å². The second-order valence-corrected chi connectivity index (χ2v) is 7.37. The van der Waals surface area contributed by atoms with Gasteiger partial charge in [-0.1, -0.05) is 78.6 Å². The van der Waals surface area contributed by atoms with Crippen molar-refractivity contribution in [1.29, 1.82) is 0 Å². The summed E-state index contributed by atoms with van der Waals surface area (Å²) in [5.41, 5.74) is 0. The maximum absolute atomic E-state index is 8.74. The molecule has 0 saturated heterocycles. The van der Waals surface area contributed by atoms with E-state index >= 15 is 0 Å². The van der Waals surface area contributed by atoms with Crippen LogP contribution in [0.1, 0.15) is 97.8 Å². The maximum Gasteiger partial charge on any atom is 0.394 e. The Morgan fingerprint density at radius 3 is 1.04 bits per heavy atom. The number of unbranched alkanes of at least 4 members (excludes halogenated alkanes) is 9. The van der Waals surface area contributed by atoms with E-state index in [1.165, 1.54) is 96.7 Å². The molecule has 0 saturated carbocycles. The van der Waals surface area contributed by atoms with Crippen LogP contribution in [0, 0.1) is 0 Å². The topological polar surface area (TPSA) is 77.8 Å². The van der Waals surface area contributed by atoms with Crippen LogP contribution in [0.4, 0.5) is 0 Å². The van der Waals surface area contributed by atoms with Gasteiger partial charge < -0.3 is 4.90 Å². The molecule has 0 unspecified atom stereocenters. The minimum absolute atomic E-state index is 1.35. The summed E-state index contributed by atoms with van der Waals surface area (Å²) in [6, 6.07) is 0. The molecule has 0 aliphatic rings. The third-order valence-corrected chi connectivity index (χ3v) is 3.98. The Morgan fingerprint density at radius 2 is 0.833 bits per heavy atom. The molecular formula is C18H41NO4S. The molecule has 0 radical (unpaired) electrons. The Balaban J connectivity index is 0. The molecule has 0 heterocycles. The van der Waals surface area contributed by atoms with Crippen molar-refractivity contribution in [3.05, 3.63) is 0 Å². The van der Waals surface area contributed by atoms with Crippen molar-refractivity contribution in [2.75, 3.05) is 19.6 Å². The summed E-state index contributed by atoms with van der Waals surface area (Å²) in [5, 5.41) is 0. The highest BCUT2D eigenvalue weighted by atomic mass is 32.3. The van der Waals surface area contributed by atoms with Gasteiger partial charge in [-0.15, -0.1) is 0 Å². The quantitative estimate of drug-likeness (QED) is 0.300. The fourth-order valence-electron chi connectivity index (χ4n) is 2.62. The summed E-state index contributed by atoms with van der Waals surface area (Å²) >= 11 is 0. The van der Waals surface area contributed by atoms with Crippen LogP contribution in [0.3, 0.4) is 0 Å². The van der Waals surface area contributed by atoms with E-state index < -0.39 is 10.4 Å². The second kappa shape index (κ2) is 19.2. The highest BCUT2D eigenvalue weighted by Crippen LogP contribution is 2.08. The third-order valence-electron chi connectivity index (χ3n) is 3.98. The van der Waals surface area contributed by atoms with Gasteiger partial charge in [0.2, 0.25) is 0 Å². The van der Waals surface area contributed by atoms with E-state index in [2.05, 4.69) is 25.7 Å². The number of rotatable bonds is 15. The number of nitrogens with zero attached hydrogens (tertiary/aromatic N) is 1. The number of hydrogen-bond acceptors (Lipinski definition) is 3. The highest BCUT2D eigenvalue weighted by Gasteiger charge is 2.04. The molecule has 24 heavy (non-hydrogen) atoms. The number of hydrogen-bond donors (Lipinski definition) is 2. The first-order valence-electron chi connectivity index (χ1n) is 9.77. The molecule has 2 N–H and O–H groups in total. The lowest BCUT2D eigenvalue weighted by Crippen LogP contribution is -2.27. The summed E-state index contributed by atoms with van der Waals surface area (Å²) in [4.78, 5) is 2.74. The van der Waals surface area contributed by atoms with Crippen molar-refractivity contribution in [1.82, 2.24) is 4.90 Å². The summed E-state index contributed by atoms with van der Waals surface area (Å²) in [7, 11) is -4.67. The zero-order valence-electron chi connectivity index (χ0n) is 16.2. The van der Waals surface area contributed by atoms with Gasteiger partial charge in [0.1, 0.15) is 0 Å². The van der Waals surface area contributed by atoms with Crippen LogP contribution in [0.2, 0.25) is 0 Å². The predicted octanol–water partition coefficient (Wildman–Crippen LogP) is 5.38. The molecule has 0 aliphatic carbocycles. The third kappa shape index (κ3) is 29.8. The Morgan fingerprint density at radius 1 is 0.583 bits per heavy atom. The smallest absolute Gasteiger partial charge is 0.303 e. The summed E-state index contributed by atoms with van der Waals surface area (Å²) < 4.78 is 31.6.